The molecule has 134 valence electrons. The molecule has 0 atom stereocenters. The Balaban J connectivity index is 1.83. The van der Waals surface area contributed by atoms with Crippen molar-refractivity contribution in [1.82, 2.24) is 14.8 Å². The van der Waals surface area contributed by atoms with Crippen molar-refractivity contribution in [2.24, 2.45) is 0 Å². The summed E-state index contributed by atoms with van der Waals surface area (Å²) in [5, 5.41) is 4.81. The summed E-state index contributed by atoms with van der Waals surface area (Å²) >= 11 is 0. The molecule has 0 aliphatic carbocycles. The van der Waals surface area contributed by atoms with E-state index in [2.05, 4.69) is 11.1 Å². The number of pyridine rings is 1. The Morgan fingerprint density at radius 3 is 1.93 bits per heavy atom. The van der Waals surface area contributed by atoms with E-state index in [1.54, 1.807) is 20.4 Å². The highest BCUT2D eigenvalue weighted by molar-refractivity contribution is 5.70. The number of methoxy groups -OCH3 is 2. The maximum atomic E-state index is 5.27. The molecule has 4 rings (SSSR count). The lowest BCUT2D eigenvalue weighted by atomic mass is 10.1. The van der Waals surface area contributed by atoms with Crippen molar-refractivity contribution in [3.8, 4) is 39.8 Å². The zero-order chi connectivity index (χ0) is 18.6. The van der Waals surface area contributed by atoms with Crippen molar-refractivity contribution < 1.29 is 9.47 Å². The van der Waals surface area contributed by atoms with Crippen molar-refractivity contribution in [2.45, 2.75) is 0 Å². The summed E-state index contributed by atoms with van der Waals surface area (Å²) in [6.45, 7) is 0. The van der Waals surface area contributed by atoms with E-state index in [1.807, 2.05) is 71.4 Å². The fraction of sp³-hybridized carbons (Fsp3) is 0.0909. The molecule has 0 unspecified atom stereocenters. The minimum atomic E-state index is 0.767. The van der Waals surface area contributed by atoms with Crippen LogP contribution in [0.4, 0.5) is 0 Å². The molecule has 0 fully saturated rings. The molecule has 0 radical (unpaired) electrons. The second-order valence-corrected chi connectivity index (χ2v) is 5.97. The molecule has 0 aliphatic heterocycles. The Hall–Kier alpha value is -3.60. The van der Waals surface area contributed by atoms with Gasteiger partial charge in [0.1, 0.15) is 11.5 Å². The molecule has 0 spiro atoms. The molecule has 2 aromatic heterocycles. The van der Waals surface area contributed by atoms with Crippen LogP contribution >= 0.6 is 0 Å². The van der Waals surface area contributed by atoms with Crippen LogP contribution in [-0.2, 0) is 0 Å². The van der Waals surface area contributed by atoms with E-state index in [9.17, 15) is 0 Å². The summed E-state index contributed by atoms with van der Waals surface area (Å²) in [7, 11) is 3.32. The third-order valence-electron chi connectivity index (χ3n) is 4.35. The van der Waals surface area contributed by atoms with Crippen LogP contribution in [0.1, 0.15) is 0 Å². The summed E-state index contributed by atoms with van der Waals surface area (Å²) in [6.07, 6.45) is 1.77. The zero-order valence-electron chi connectivity index (χ0n) is 15.2. The van der Waals surface area contributed by atoms with Gasteiger partial charge in [0.25, 0.3) is 0 Å². The molecular formula is C22H19N3O2. The van der Waals surface area contributed by atoms with Crippen molar-refractivity contribution in [3.05, 3.63) is 79.0 Å². The first-order valence-electron chi connectivity index (χ1n) is 8.59. The molecule has 5 nitrogen and oxygen atoms in total. The van der Waals surface area contributed by atoms with Gasteiger partial charge in [0.2, 0.25) is 0 Å². The van der Waals surface area contributed by atoms with Gasteiger partial charge >= 0.3 is 0 Å². The number of ether oxygens (including phenoxy) is 2. The molecule has 2 aromatic carbocycles. The smallest absolute Gasteiger partial charge is 0.153 e. The second-order valence-electron chi connectivity index (χ2n) is 5.97. The predicted octanol–water partition coefficient (Wildman–Crippen LogP) is 4.62. The lowest BCUT2D eigenvalue weighted by Gasteiger charge is -2.07. The topological polar surface area (TPSA) is 49.2 Å². The average Bonchev–Trinajstić information content (AvgIpc) is 3.20. The highest BCUT2D eigenvalue weighted by atomic mass is 16.5. The van der Waals surface area contributed by atoms with Crippen LogP contribution < -0.4 is 9.47 Å². The van der Waals surface area contributed by atoms with Gasteiger partial charge in [-0.05, 0) is 66.7 Å². The van der Waals surface area contributed by atoms with Crippen molar-refractivity contribution in [1.29, 1.82) is 0 Å². The minimum Gasteiger partial charge on any atom is -0.497 e. The molecule has 5 heteroatoms. The Bertz CT molecular complexity index is 1020. The van der Waals surface area contributed by atoms with Crippen LogP contribution in [0.2, 0.25) is 0 Å². The van der Waals surface area contributed by atoms with Gasteiger partial charge < -0.3 is 9.47 Å². The van der Waals surface area contributed by atoms with Gasteiger partial charge in [0.15, 0.2) is 5.82 Å². The second kappa shape index (κ2) is 7.33. The van der Waals surface area contributed by atoms with Gasteiger partial charge in [-0.1, -0.05) is 6.07 Å². The van der Waals surface area contributed by atoms with Gasteiger partial charge in [-0.2, -0.15) is 5.10 Å². The van der Waals surface area contributed by atoms with Gasteiger partial charge in [-0.3, -0.25) is 0 Å². The van der Waals surface area contributed by atoms with Crippen LogP contribution in [0.5, 0.6) is 11.5 Å². The Morgan fingerprint density at radius 2 is 1.37 bits per heavy atom. The molecule has 0 amide bonds. The molecule has 0 aliphatic rings. The van der Waals surface area contributed by atoms with Crippen LogP contribution in [0.25, 0.3) is 28.3 Å². The van der Waals surface area contributed by atoms with Crippen LogP contribution in [0, 0.1) is 0 Å². The van der Waals surface area contributed by atoms with E-state index in [1.165, 1.54) is 0 Å². The van der Waals surface area contributed by atoms with Crippen molar-refractivity contribution in [2.75, 3.05) is 14.2 Å². The maximum absolute atomic E-state index is 5.27. The molecule has 4 aromatic rings. The van der Waals surface area contributed by atoms with E-state index >= 15 is 0 Å². The number of aromatic nitrogens is 3. The first kappa shape index (κ1) is 16.8. The molecule has 0 saturated carbocycles. The van der Waals surface area contributed by atoms with E-state index in [0.29, 0.717) is 0 Å². The van der Waals surface area contributed by atoms with E-state index in [-0.39, 0.29) is 0 Å². The van der Waals surface area contributed by atoms with Crippen molar-refractivity contribution >= 4 is 0 Å². The Morgan fingerprint density at radius 1 is 0.741 bits per heavy atom. The lowest BCUT2D eigenvalue weighted by molar-refractivity contribution is 0.414. The number of hydrogen-bond donors (Lipinski definition) is 0. The SMILES string of the molecule is COc1ccc(-c2cc(-c3ccc(OC)cc3)n(-c3ccccn3)n2)cc1. The van der Waals surface area contributed by atoms with Crippen LogP contribution in [0.3, 0.4) is 0 Å². The van der Waals surface area contributed by atoms with Gasteiger partial charge in [-0.25, -0.2) is 9.67 Å². The van der Waals surface area contributed by atoms with E-state index in [0.717, 1.165) is 39.8 Å². The first-order valence-corrected chi connectivity index (χ1v) is 8.59. The van der Waals surface area contributed by atoms with Gasteiger partial charge in [0.05, 0.1) is 25.6 Å². The monoisotopic (exact) mass is 357 g/mol. The minimum absolute atomic E-state index is 0.767. The third kappa shape index (κ3) is 3.40. The molecule has 0 saturated heterocycles. The summed E-state index contributed by atoms with van der Waals surface area (Å²) in [4.78, 5) is 4.46. The molecular weight excluding hydrogens is 338 g/mol. The van der Waals surface area contributed by atoms with E-state index in [4.69, 9.17) is 14.6 Å². The Labute approximate surface area is 157 Å². The molecule has 0 N–H and O–H groups in total. The molecule has 0 bridgehead atoms. The van der Waals surface area contributed by atoms with E-state index < -0.39 is 0 Å². The molecule has 27 heavy (non-hydrogen) atoms. The summed E-state index contributed by atoms with van der Waals surface area (Å²) in [6, 6.07) is 23.7. The first-order chi connectivity index (χ1) is 13.3. The largest absolute Gasteiger partial charge is 0.497 e. The third-order valence-corrected chi connectivity index (χ3v) is 4.35. The number of benzene rings is 2. The normalized spacial score (nSPS) is 10.6. The Kier molecular flexibility index (Phi) is 4.58. The van der Waals surface area contributed by atoms with Crippen LogP contribution in [-0.4, -0.2) is 29.0 Å². The summed E-state index contributed by atoms with van der Waals surface area (Å²) < 4.78 is 12.4. The predicted molar refractivity (Wildman–Crippen MR) is 105 cm³/mol. The maximum Gasteiger partial charge on any atom is 0.153 e. The number of hydrogen-bond acceptors (Lipinski definition) is 4. The lowest BCUT2D eigenvalue weighted by Crippen LogP contribution is -2.01. The summed E-state index contributed by atoms with van der Waals surface area (Å²) in [5.41, 5.74) is 3.88. The van der Waals surface area contributed by atoms with Gasteiger partial charge in [0, 0.05) is 17.3 Å². The highest BCUT2D eigenvalue weighted by Gasteiger charge is 2.14. The quantitative estimate of drug-likeness (QED) is 0.523. The number of rotatable bonds is 5. The average molecular weight is 357 g/mol. The zero-order valence-corrected chi connectivity index (χ0v) is 15.2. The van der Waals surface area contributed by atoms with Crippen LogP contribution in [0.15, 0.2) is 79.0 Å². The van der Waals surface area contributed by atoms with Gasteiger partial charge in [-0.15, -0.1) is 0 Å². The highest BCUT2D eigenvalue weighted by Crippen LogP contribution is 2.30. The fourth-order valence-corrected chi connectivity index (χ4v) is 2.91. The molecule has 2 heterocycles. The summed E-state index contributed by atoms with van der Waals surface area (Å²) in [5.74, 6) is 2.40. The van der Waals surface area contributed by atoms with Crippen molar-refractivity contribution in [3.63, 3.8) is 0 Å². The number of nitrogens with zero attached hydrogens (tertiary/aromatic N) is 3. The standard InChI is InChI=1S/C22H19N3O2/c1-26-18-10-6-16(7-11-18)20-15-21(17-8-12-19(27-2)13-9-17)25(24-20)22-5-3-4-14-23-22/h3-15H,1-2H3. The fourth-order valence-electron chi connectivity index (χ4n) is 2.91.